The SMILES string of the molecule is CC[C@H]1CC[C@H](c2cc(F)c(F)nc2F)CC1. The number of halogens is 3. The summed E-state index contributed by atoms with van der Waals surface area (Å²) in [5, 5.41) is 0. The van der Waals surface area contributed by atoms with Crippen molar-refractivity contribution in [2.45, 2.75) is 44.9 Å². The maximum atomic E-state index is 13.5. The van der Waals surface area contributed by atoms with Gasteiger partial charge in [0, 0.05) is 5.56 Å². The molecular weight excluding hydrogens is 227 g/mol. The predicted octanol–water partition coefficient (Wildman–Crippen LogP) is 4.18. The minimum absolute atomic E-state index is 0.0135. The molecule has 2 rings (SSSR count). The molecule has 0 aliphatic heterocycles. The Morgan fingerprint density at radius 1 is 1.12 bits per heavy atom. The molecule has 17 heavy (non-hydrogen) atoms. The fourth-order valence-corrected chi connectivity index (χ4v) is 2.63. The maximum Gasteiger partial charge on any atom is 0.251 e. The summed E-state index contributed by atoms with van der Waals surface area (Å²) in [6.07, 6.45) is 4.86. The molecule has 1 aromatic rings. The van der Waals surface area contributed by atoms with Gasteiger partial charge in [0.1, 0.15) is 0 Å². The number of rotatable bonds is 2. The lowest BCUT2D eigenvalue weighted by Crippen LogP contribution is -2.15. The van der Waals surface area contributed by atoms with Gasteiger partial charge < -0.3 is 0 Å². The van der Waals surface area contributed by atoms with Crippen molar-refractivity contribution in [1.29, 1.82) is 0 Å². The Labute approximate surface area is 99.1 Å². The summed E-state index contributed by atoms with van der Waals surface area (Å²) in [6.45, 7) is 2.14. The Balaban J connectivity index is 2.16. The van der Waals surface area contributed by atoms with Crippen LogP contribution in [0.5, 0.6) is 0 Å². The Bertz CT molecular complexity index is 398. The van der Waals surface area contributed by atoms with Crippen LogP contribution in [0.15, 0.2) is 6.07 Å². The zero-order chi connectivity index (χ0) is 12.4. The molecule has 1 saturated carbocycles. The van der Waals surface area contributed by atoms with E-state index in [0.717, 1.165) is 38.2 Å². The zero-order valence-corrected chi connectivity index (χ0v) is 9.85. The molecule has 94 valence electrons. The van der Waals surface area contributed by atoms with Gasteiger partial charge in [0.15, 0.2) is 5.82 Å². The van der Waals surface area contributed by atoms with Crippen LogP contribution < -0.4 is 0 Å². The average Bonchev–Trinajstić information content (AvgIpc) is 2.34. The van der Waals surface area contributed by atoms with E-state index in [0.29, 0.717) is 5.92 Å². The first kappa shape index (κ1) is 12.4. The van der Waals surface area contributed by atoms with Crippen molar-refractivity contribution in [2.75, 3.05) is 0 Å². The Kier molecular flexibility index (Phi) is 3.69. The lowest BCUT2D eigenvalue weighted by molar-refractivity contribution is 0.310. The molecule has 0 aromatic carbocycles. The molecule has 0 N–H and O–H groups in total. The minimum atomic E-state index is -1.35. The number of nitrogens with zero attached hydrogens (tertiary/aromatic N) is 1. The Hall–Kier alpha value is -1.06. The largest absolute Gasteiger partial charge is 0.251 e. The van der Waals surface area contributed by atoms with E-state index in [1.807, 2.05) is 0 Å². The van der Waals surface area contributed by atoms with E-state index in [1.165, 1.54) is 0 Å². The summed E-state index contributed by atoms with van der Waals surface area (Å²) < 4.78 is 39.2. The van der Waals surface area contributed by atoms with Crippen LogP contribution in [0.1, 0.15) is 50.5 Å². The normalized spacial score (nSPS) is 24.9. The van der Waals surface area contributed by atoms with E-state index in [-0.39, 0.29) is 11.5 Å². The second kappa shape index (κ2) is 5.07. The molecule has 1 heterocycles. The molecule has 0 bridgehead atoms. The molecule has 1 aromatic heterocycles. The van der Waals surface area contributed by atoms with Gasteiger partial charge in [-0.25, -0.2) is 4.39 Å². The van der Waals surface area contributed by atoms with Gasteiger partial charge in [0.2, 0.25) is 5.95 Å². The van der Waals surface area contributed by atoms with Crippen molar-refractivity contribution < 1.29 is 13.2 Å². The average molecular weight is 243 g/mol. The van der Waals surface area contributed by atoms with Crippen LogP contribution in [-0.4, -0.2) is 4.98 Å². The maximum absolute atomic E-state index is 13.5. The van der Waals surface area contributed by atoms with E-state index in [1.54, 1.807) is 0 Å². The standard InChI is InChI=1S/C13H16F3N/c1-2-8-3-5-9(6-4-8)10-7-11(14)13(16)17-12(10)15/h7-9H,2-6H2,1H3/t8-,9-. The quantitative estimate of drug-likeness (QED) is 0.710. The second-order valence-corrected chi connectivity index (χ2v) is 4.77. The number of hydrogen-bond acceptors (Lipinski definition) is 1. The second-order valence-electron chi connectivity index (χ2n) is 4.77. The molecule has 0 spiro atoms. The molecule has 0 atom stereocenters. The third-order valence-corrected chi connectivity index (χ3v) is 3.78. The van der Waals surface area contributed by atoms with Crippen molar-refractivity contribution in [1.82, 2.24) is 4.98 Å². The molecule has 1 aliphatic rings. The molecule has 0 amide bonds. The van der Waals surface area contributed by atoms with Gasteiger partial charge in [0.05, 0.1) is 0 Å². The molecule has 1 nitrogen and oxygen atoms in total. The van der Waals surface area contributed by atoms with E-state index >= 15 is 0 Å². The van der Waals surface area contributed by atoms with Gasteiger partial charge in [-0.15, -0.1) is 0 Å². The van der Waals surface area contributed by atoms with Crippen LogP contribution >= 0.6 is 0 Å². The minimum Gasteiger partial charge on any atom is -0.202 e. The Morgan fingerprint density at radius 3 is 2.35 bits per heavy atom. The van der Waals surface area contributed by atoms with Gasteiger partial charge in [0.25, 0.3) is 5.95 Å². The van der Waals surface area contributed by atoms with Crippen LogP contribution in [0.4, 0.5) is 13.2 Å². The van der Waals surface area contributed by atoms with Crippen molar-refractivity contribution in [3.63, 3.8) is 0 Å². The van der Waals surface area contributed by atoms with Gasteiger partial charge in [-0.05, 0) is 43.6 Å². The van der Waals surface area contributed by atoms with Crippen LogP contribution in [-0.2, 0) is 0 Å². The Morgan fingerprint density at radius 2 is 1.76 bits per heavy atom. The van der Waals surface area contributed by atoms with Crippen molar-refractivity contribution in [2.24, 2.45) is 5.92 Å². The predicted molar refractivity (Wildman–Crippen MR) is 59.1 cm³/mol. The number of pyridine rings is 1. The summed E-state index contributed by atoms with van der Waals surface area (Å²) in [5.41, 5.74) is 0.235. The smallest absolute Gasteiger partial charge is 0.202 e. The molecule has 0 radical (unpaired) electrons. The van der Waals surface area contributed by atoms with E-state index in [2.05, 4.69) is 11.9 Å². The van der Waals surface area contributed by atoms with Gasteiger partial charge in [-0.1, -0.05) is 13.3 Å². The van der Waals surface area contributed by atoms with Crippen LogP contribution in [0.2, 0.25) is 0 Å². The highest BCUT2D eigenvalue weighted by Gasteiger charge is 2.25. The zero-order valence-electron chi connectivity index (χ0n) is 9.85. The lowest BCUT2D eigenvalue weighted by atomic mass is 9.78. The van der Waals surface area contributed by atoms with Crippen LogP contribution in [0.3, 0.4) is 0 Å². The first-order valence-electron chi connectivity index (χ1n) is 6.13. The van der Waals surface area contributed by atoms with Crippen molar-refractivity contribution in [3.8, 4) is 0 Å². The third kappa shape index (κ3) is 2.61. The monoisotopic (exact) mass is 243 g/mol. The highest BCUT2D eigenvalue weighted by molar-refractivity contribution is 5.18. The summed E-state index contributed by atoms with van der Waals surface area (Å²) >= 11 is 0. The van der Waals surface area contributed by atoms with Gasteiger partial charge >= 0.3 is 0 Å². The molecule has 1 aliphatic carbocycles. The summed E-state index contributed by atoms with van der Waals surface area (Å²) in [7, 11) is 0. The summed E-state index contributed by atoms with van der Waals surface area (Å²) in [6, 6.07) is 0.967. The number of hydrogen-bond donors (Lipinski definition) is 0. The van der Waals surface area contributed by atoms with E-state index in [4.69, 9.17) is 0 Å². The highest BCUT2D eigenvalue weighted by atomic mass is 19.2. The summed E-state index contributed by atoms with van der Waals surface area (Å²) in [4.78, 5) is 2.98. The molecule has 0 unspecified atom stereocenters. The van der Waals surface area contributed by atoms with Crippen molar-refractivity contribution >= 4 is 0 Å². The third-order valence-electron chi connectivity index (χ3n) is 3.78. The van der Waals surface area contributed by atoms with Crippen LogP contribution in [0.25, 0.3) is 0 Å². The lowest BCUT2D eigenvalue weighted by Gasteiger charge is -2.27. The topological polar surface area (TPSA) is 12.9 Å². The first-order valence-corrected chi connectivity index (χ1v) is 6.13. The highest BCUT2D eigenvalue weighted by Crippen LogP contribution is 2.37. The molecule has 1 fully saturated rings. The van der Waals surface area contributed by atoms with Gasteiger partial charge in [-0.3, -0.25) is 0 Å². The fourth-order valence-electron chi connectivity index (χ4n) is 2.63. The number of aromatic nitrogens is 1. The molecule has 4 heteroatoms. The first-order chi connectivity index (χ1) is 8.11. The molecular formula is C13H16F3N. The van der Waals surface area contributed by atoms with E-state index in [9.17, 15) is 13.2 Å². The van der Waals surface area contributed by atoms with Crippen LogP contribution in [0, 0.1) is 23.6 Å². The van der Waals surface area contributed by atoms with Crippen molar-refractivity contribution in [3.05, 3.63) is 29.3 Å². The summed E-state index contributed by atoms with van der Waals surface area (Å²) in [5.74, 6) is -2.59. The fraction of sp³-hybridized carbons (Fsp3) is 0.615. The van der Waals surface area contributed by atoms with Gasteiger partial charge in [-0.2, -0.15) is 13.8 Å². The van der Waals surface area contributed by atoms with E-state index < -0.39 is 17.7 Å². The molecule has 0 saturated heterocycles.